The summed E-state index contributed by atoms with van der Waals surface area (Å²) in [6.07, 6.45) is 4.61. The number of methoxy groups -OCH3 is 2. The van der Waals surface area contributed by atoms with Crippen LogP contribution in [0.25, 0.3) is 6.08 Å². The summed E-state index contributed by atoms with van der Waals surface area (Å²) >= 11 is 3.50. The van der Waals surface area contributed by atoms with Crippen LogP contribution in [0.5, 0.6) is 17.2 Å². The Bertz CT molecular complexity index is 1090. The van der Waals surface area contributed by atoms with Crippen LogP contribution in [0.3, 0.4) is 0 Å². The van der Waals surface area contributed by atoms with Crippen LogP contribution >= 0.6 is 15.9 Å². The zero-order chi connectivity index (χ0) is 21.8. The van der Waals surface area contributed by atoms with Crippen molar-refractivity contribution in [2.45, 2.75) is 12.3 Å². The topological polar surface area (TPSA) is 44.8 Å². The van der Waals surface area contributed by atoms with Crippen LogP contribution in [0.15, 0.2) is 77.3 Å². The Morgan fingerprint density at radius 1 is 1.00 bits per heavy atom. The van der Waals surface area contributed by atoms with Crippen molar-refractivity contribution in [2.24, 2.45) is 5.92 Å². The van der Waals surface area contributed by atoms with Gasteiger partial charge in [-0.15, -0.1) is 0 Å². The SMILES string of the molecule is COc1cc(OC)c2c(c1)OC(=O)[C@@H](C/C=C/c1ccccc1)[C@H]2c1ccc(Br)cc1. The summed E-state index contributed by atoms with van der Waals surface area (Å²) in [6.45, 7) is 0. The third-order valence-electron chi connectivity index (χ3n) is 5.49. The molecule has 0 saturated carbocycles. The van der Waals surface area contributed by atoms with Gasteiger partial charge in [-0.3, -0.25) is 4.79 Å². The summed E-state index contributed by atoms with van der Waals surface area (Å²) < 4.78 is 17.8. The maximum atomic E-state index is 13.1. The largest absolute Gasteiger partial charge is 0.496 e. The molecule has 0 fully saturated rings. The molecule has 0 radical (unpaired) electrons. The average molecular weight is 479 g/mol. The smallest absolute Gasteiger partial charge is 0.315 e. The maximum Gasteiger partial charge on any atom is 0.315 e. The van der Waals surface area contributed by atoms with E-state index >= 15 is 0 Å². The summed E-state index contributed by atoms with van der Waals surface area (Å²) in [5.74, 6) is 0.875. The van der Waals surface area contributed by atoms with E-state index in [2.05, 4.69) is 15.9 Å². The molecular formula is C26H23BrO4. The lowest BCUT2D eigenvalue weighted by Crippen LogP contribution is -2.32. The van der Waals surface area contributed by atoms with Gasteiger partial charge in [0.05, 0.1) is 20.1 Å². The van der Waals surface area contributed by atoms with Crippen molar-refractivity contribution < 1.29 is 19.0 Å². The number of ether oxygens (including phenoxy) is 3. The lowest BCUT2D eigenvalue weighted by Gasteiger charge is -2.33. The van der Waals surface area contributed by atoms with Gasteiger partial charge in [0.1, 0.15) is 17.2 Å². The number of esters is 1. The molecule has 0 N–H and O–H groups in total. The minimum atomic E-state index is -0.379. The van der Waals surface area contributed by atoms with Crippen LogP contribution in [-0.2, 0) is 4.79 Å². The standard InChI is InChI=1S/C26H23BrO4/c1-29-20-15-22(30-2)25-23(16-20)31-26(28)21(10-6-9-17-7-4-3-5-8-17)24(25)18-11-13-19(27)14-12-18/h3-9,11-16,21,24H,10H2,1-2H3/b9-6+/t21-,24+/m0/s1. The van der Waals surface area contributed by atoms with Crippen molar-refractivity contribution in [1.29, 1.82) is 0 Å². The van der Waals surface area contributed by atoms with Crippen LogP contribution in [-0.4, -0.2) is 20.2 Å². The van der Waals surface area contributed by atoms with Crippen molar-refractivity contribution in [2.75, 3.05) is 14.2 Å². The van der Waals surface area contributed by atoms with Gasteiger partial charge in [-0.25, -0.2) is 0 Å². The van der Waals surface area contributed by atoms with Crippen molar-refractivity contribution >= 4 is 28.0 Å². The van der Waals surface area contributed by atoms with E-state index in [1.54, 1.807) is 20.3 Å². The molecular weight excluding hydrogens is 456 g/mol. The molecule has 31 heavy (non-hydrogen) atoms. The minimum Gasteiger partial charge on any atom is -0.496 e. The number of allylic oxidation sites excluding steroid dienone is 1. The second-order valence-electron chi connectivity index (χ2n) is 7.35. The van der Waals surface area contributed by atoms with E-state index in [1.165, 1.54) is 0 Å². The van der Waals surface area contributed by atoms with Crippen LogP contribution in [0, 0.1) is 5.92 Å². The molecule has 158 valence electrons. The lowest BCUT2D eigenvalue weighted by atomic mass is 9.76. The fourth-order valence-corrected chi connectivity index (χ4v) is 4.26. The third-order valence-corrected chi connectivity index (χ3v) is 6.02. The van der Waals surface area contributed by atoms with Crippen LogP contribution in [0.4, 0.5) is 0 Å². The van der Waals surface area contributed by atoms with E-state index in [9.17, 15) is 4.79 Å². The van der Waals surface area contributed by atoms with E-state index < -0.39 is 0 Å². The highest BCUT2D eigenvalue weighted by molar-refractivity contribution is 9.10. The Morgan fingerprint density at radius 2 is 1.74 bits per heavy atom. The molecule has 3 aromatic rings. The molecule has 1 heterocycles. The number of carbonyl (C=O) groups is 1. The molecule has 0 unspecified atom stereocenters. The summed E-state index contributed by atoms with van der Waals surface area (Å²) in [4.78, 5) is 13.1. The Morgan fingerprint density at radius 3 is 2.42 bits per heavy atom. The number of hydrogen-bond donors (Lipinski definition) is 0. The average Bonchev–Trinajstić information content (AvgIpc) is 2.80. The highest BCUT2D eigenvalue weighted by Crippen LogP contribution is 2.49. The first-order chi connectivity index (χ1) is 15.1. The van der Waals surface area contributed by atoms with Gasteiger partial charge in [0.25, 0.3) is 0 Å². The fraction of sp³-hybridized carbons (Fsp3) is 0.192. The van der Waals surface area contributed by atoms with Gasteiger partial charge in [0, 0.05) is 28.1 Å². The molecule has 0 aromatic heterocycles. The Kier molecular flexibility index (Phi) is 6.42. The molecule has 2 atom stereocenters. The molecule has 0 aliphatic carbocycles. The number of rotatable bonds is 6. The first-order valence-electron chi connectivity index (χ1n) is 10.1. The lowest BCUT2D eigenvalue weighted by molar-refractivity contribution is -0.140. The van der Waals surface area contributed by atoms with E-state index in [-0.39, 0.29) is 17.8 Å². The zero-order valence-corrected chi connectivity index (χ0v) is 19.0. The van der Waals surface area contributed by atoms with Gasteiger partial charge < -0.3 is 14.2 Å². The minimum absolute atomic E-state index is 0.203. The van der Waals surface area contributed by atoms with Gasteiger partial charge in [-0.2, -0.15) is 0 Å². The van der Waals surface area contributed by atoms with Gasteiger partial charge >= 0.3 is 5.97 Å². The molecule has 0 saturated heterocycles. The molecule has 1 aliphatic rings. The van der Waals surface area contributed by atoms with Crippen LogP contribution < -0.4 is 14.2 Å². The second kappa shape index (κ2) is 9.40. The van der Waals surface area contributed by atoms with E-state index in [1.807, 2.05) is 72.8 Å². The summed E-state index contributed by atoms with van der Waals surface area (Å²) in [6, 6.07) is 21.7. The number of carbonyl (C=O) groups excluding carboxylic acids is 1. The van der Waals surface area contributed by atoms with Crippen molar-refractivity contribution in [1.82, 2.24) is 0 Å². The van der Waals surface area contributed by atoms with Gasteiger partial charge in [0.15, 0.2) is 0 Å². The van der Waals surface area contributed by atoms with E-state index in [0.29, 0.717) is 23.7 Å². The first-order valence-corrected chi connectivity index (χ1v) is 10.8. The van der Waals surface area contributed by atoms with Crippen molar-refractivity contribution in [3.05, 3.63) is 94.0 Å². The molecule has 4 nitrogen and oxygen atoms in total. The number of benzene rings is 3. The monoisotopic (exact) mass is 478 g/mol. The molecule has 4 rings (SSSR count). The van der Waals surface area contributed by atoms with E-state index in [0.717, 1.165) is 21.2 Å². The van der Waals surface area contributed by atoms with Crippen LogP contribution in [0.1, 0.15) is 29.0 Å². The predicted octanol–water partition coefficient (Wildman–Crippen LogP) is 6.24. The van der Waals surface area contributed by atoms with E-state index in [4.69, 9.17) is 14.2 Å². The van der Waals surface area contributed by atoms with Gasteiger partial charge in [-0.05, 0) is 29.7 Å². The third kappa shape index (κ3) is 4.52. The first kappa shape index (κ1) is 21.2. The van der Waals surface area contributed by atoms with Crippen LogP contribution in [0.2, 0.25) is 0 Å². The van der Waals surface area contributed by atoms with Gasteiger partial charge in [-0.1, -0.05) is 70.5 Å². The van der Waals surface area contributed by atoms with Gasteiger partial charge in [0.2, 0.25) is 0 Å². The normalized spacial score (nSPS) is 17.8. The quantitative estimate of drug-likeness (QED) is 0.310. The number of halogens is 1. The highest BCUT2D eigenvalue weighted by Gasteiger charge is 2.40. The fourth-order valence-electron chi connectivity index (χ4n) is 3.99. The molecule has 1 aliphatic heterocycles. The summed E-state index contributed by atoms with van der Waals surface area (Å²) in [5.41, 5.74) is 2.99. The number of fused-ring (bicyclic) bond motifs is 1. The number of hydrogen-bond acceptors (Lipinski definition) is 4. The highest BCUT2D eigenvalue weighted by atomic mass is 79.9. The zero-order valence-electron chi connectivity index (χ0n) is 17.4. The predicted molar refractivity (Wildman–Crippen MR) is 125 cm³/mol. The molecule has 0 spiro atoms. The summed E-state index contributed by atoms with van der Waals surface area (Å²) in [7, 11) is 3.20. The van der Waals surface area contributed by atoms with Crippen molar-refractivity contribution in [3.8, 4) is 17.2 Å². The Labute approximate surface area is 190 Å². The molecule has 3 aromatic carbocycles. The molecule has 5 heteroatoms. The summed E-state index contributed by atoms with van der Waals surface area (Å²) in [5, 5.41) is 0. The molecule has 0 amide bonds. The maximum absolute atomic E-state index is 13.1. The van der Waals surface area contributed by atoms with Crippen molar-refractivity contribution in [3.63, 3.8) is 0 Å². The second-order valence-corrected chi connectivity index (χ2v) is 8.26. The Hall–Kier alpha value is -3.05. The molecule has 0 bridgehead atoms. The Balaban J connectivity index is 1.78.